The molecule has 37 heavy (non-hydrogen) atoms. The van der Waals surface area contributed by atoms with Crippen molar-refractivity contribution in [2.75, 3.05) is 13.7 Å². The number of para-hydroxylation sites is 1. The topological polar surface area (TPSA) is 96.3 Å². The Labute approximate surface area is 217 Å². The number of aliphatic carboxylic acids is 1. The summed E-state index contributed by atoms with van der Waals surface area (Å²) in [5.74, 6) is 0.294. The van der Waals surface area contributed by atoms with Crippen LogP contribution in [0, 0.1) is 0 Å². The van der Waals surface area contributed by atoms with Crippen molar-refractivity contribution in [3.8, 4) is 22.6 Å². The van der Waals surface area contributed by atoms with Gasteiger partial charge in [0.25, 0.3) is 5.91 Å². The molecule has 3 aromatic rings. The SMILES string of the molecule is COc1ccc(-c2ccc(C(=O)N(C3CC3)C(O)c3ccccc3OCCCCCC(=O)O)cc2)cc1. The summed E-state index contributed by atoms with van der Waals surface area (Å²) in [7, 11) is 1.63. The van der Waals surface area contributed by atoms with E-state index in [1.807, 2.05) is 48.5 Å². The number of amides is 1. The van der Waals surface area contributed by atoms with Crippen LogP contribution in [0.5, 0.6) is 11.5 Å². The van der Waals surface area contributed by atoms with Crippen molar-refractivity contribution in [3.63, 3.8) is 0 Å². The Morgan fingerprint density at radius 3 is 2.19 bits per heavy atom. The highest BCUT2D eigenvalue weighted by Crippen LogP contribution is 2.37. The largest absolute Gasteiger partial charge is 0.497 e. The van der Waals surface area contributed by atoms with E-state index in [-0.39, 0.29) is 18.4 Å². The van der Waals surface area contributed by atoms with Crippen LogP contribution in [0.3, 0.4) is 0 Å². The summed E-state index contributed by atoms with van der Waals surface area (Å²) in [4.78, 5) is 25.7. The number of benzene rings is 3. The summed E-state index contributed by atoms with van der Waals surface area (Å²) in [6.07, 6.45) is 2.77. The number of carboxylic acids is 1. The monoisotopic (exact) mass is 503 g/mol. The Hall–Kier alpha value is -3.84. The van der Waals surface area contributed by atoms with Crippen LogP contribution in [0.4, 0.5) is 0 Å². The van der Waals surface area contributed by atoms with E-state index < -0.39 is 12.2 Å². The van der Waals surface area contributed by atoms with Gasteiger partial charge in [-0.1, -0.05) is 42.5 Å². The van der Waals surface area contributed by atoms with E-state index >= 15 is 0 Å². The quantitative estimate of drug-likeness (QED) is 0.230. The predicted molar refractivity (Wildman–Crippen MR) is 141 cm³/mol. The number of aliphatic hydroxyl groups is 1. The zero-order valence-corrected chi connectivity index (χ0v) is 21.0. The van der Waals surface area contributed by atoms with Gasteiger partial charge in [0.15, 0.2) is 6.23 Å². The Kier molecular flexibility index (Phi) is 8.80. The number of carbonyl (C=O) groups is 2. The second kappa shape index (κ2) is 12.4. The van der Waals surface area contributed by atoms with Gasteiger partial charge in [-0.2, -0.15) is 0 Å². The second-order valence-electron chi connectivity index (χ2n) is 9.21. The standard InChI is InChI=1S/C30H33NO6/c1-36-25-18-14-22(15-19-25)21-10-12-23(13-11-21)29(34)31(24-16-17-24)30(35)26-7-4-5-8-27(26)37-20-6-2-3-9-28(32)33/h4-5,7-8,10-15,18-19,24,30,35H,2-3,6,9,16-17,20H2,1H3,(H,32,33). The first kappa shape index (κ1) is 26.2. The van der Waals surface area contributed by atoms with Gasteiger partial charge in [-0.05, 0) is 73.6 Å². The Morgan fingerprint density at radius 2 is 1.57 bits per heavy atom. The van der Waals surface area contributed by atoms with E-state index in [1.165, 1.54) is 0 Å². The lowest BCUT2D eigenvalue weighted by molar-refractivity contribution is -0.137. The van der Waals surface area contributed by atoms with Crippen molar-refractivity contribution in [2.45, 2.75) is 50.8 Å². The van der Waals surface area contributed by atoms with Crippen molar-refractivity contribution in [1.82, 2.24) is 4.90 Å². The first-order valence-corrected chi connectivity index (χ1v) is 12.7. The van der Waals surface area contributed by atoms with Crippen LogP contribution in [0.1, 0.15) is 60.7 Å². The molecule has 0 saturated heterocycles. The Balaban J connectivity index is 1.45. The molecule has 7 nitrogen and oxygen atoms in total. The van der Waals surface area contributed by atoms with Crippen LogP contribution < -0.4 is 9.47 Å². The lowest BCUT2D eigenvalue weighted by Gasteiger charge is -2.29. The number of ether oxygens (including phenoxy) is 2. The number of unbranched alkanes of at least 4 members (excludes halogenated alkanes) is 2. The first-order chi connectivity index (χ1) is 18.0. The molecule has 2 N–H and O–H groups in total. The van der Waals surface area contributed by atoms with E-state index in [0.29, 0.717) is 36.3 Å². The van der Waals surface area contributed by atoms with Gasteiger partial charge in [0.2, 0.25) is 0 Å². The van der Waals surface area contributed by atoms with E-state index in [4.69, 9.17) is 14.6 Å². The van der Waals surface area contributed by atoms with Crippen molar-refractivity contribution in [1.29, 1.82) is 0 Å². The van der Waals surface area contributed by atoms with Crippen LogP contribution >= 0.6 is 0 Å². The van der Waals surface area contributed by atoms with Gasteiger partial charge in [0.1, 0.15) is 11.5 Å². The minimum atomic E-state index is -1.13. The molecule has 0 radical (unpaired) electrons. The minimum Gasteiger partial charge on any atom is -0.497 e. The van der Waals surface area contributed by atoms with Gasteiger partial charge < -0.3 is 24.6 Å². The zero-order chi connectivity index (χ0) is 26.2. The van der Waals surface area contributed by atoms with E-state index in [0.717, 1.165) is 36.1 Å². The number of rotatable bonds is 13. The smallest absolute Gasteiger partial charge is 0.303 e. The molecule has 1 atom stereocenters. The zero-order valence-electron chi connectivity index (χ0n) is 21.0. The third-order valence-corrected chi connectivity index (χ3v) is 6.48. The molecule has 4 rings (SSSR count). The van der Waals surface area contributed by atoms with Crippen molar-refractivity contribution < 1.29 is 29.3 Å². The fourth-order valence-electron chi connectivity index (χ4n) is 4.28. The number of carbonyl (C=O) groups excluding carboxylic acids is 1. The number of aliphatic hydroxyl groups excluding tert-OH is 1. The lowest BCUT2D eigenvalue weighted by Crippen LogP contribution is -2.37. The number of hydrogen-bond acceptors (Lipinski definition) is 5. The molecular weight excluding hydrogens is 470 g/mol. The van der Waals surface area contributed by atoms with Crippen molar-refractivity contribution in [2.24, 2.45) is 0 Å². The lowest BCUT2D eigenvalue weighted by atomic mass is 10.0. The van der Waals surface area contributed by atoms with Crippen LogP contribution in [-0.4, -0.2) is 46.7 Å². The maximum Gasteiger partial charge on any atom is 0.303 e. The number of carboxylic acid groups (broad SMARTS) is 1. The molecule has 0 spiro atoms. The molecule has 1 saturated carbocycles. The molecule has 1 fully saturated rings. The summed E-state index contributed by atoms with van der Waals surface area (Å²) in [6, 6.07) is 22.3. The highest BCUT2D eigenvalue weighted by molar-refractivity contribution is 5.95. The highest BCUT2D eigenvalue weighted by Gasteiger charge is 2.38. The predicted octanol–water partition coefficient (Wildman–Crippen LogP) is 5.68. The van der Waals surface area contributed by atoms with Gasteiger partial charge in [-0.15, -0.1) is 0 Å². The van der Waals surface area contributed by atoms with Gasteiger partial charge in [0.05, 0.1) is 13.7 Å². The molecule has 1 aliphatic rings. The molecule has 194 valence electrons. The Morgan fingerprint density at radius 1 is 0.919 bits per heavy atom. The maximum absolute atomic E-state index is 13.5. The van der Waals surface area contributed by atoms with Gasteiger partial charge in [-0.3, -0.25) is 9.59 Å². The molecule has 0 aromatic heterocycles. The summed E-state index contributed by atoms with van der Waals surface area (Å²) in [6.45, 7) is 0.410. The van der Waals surface area contributed by atoms with E-state index in [2.05, 4.69) is 0 Å². The van der Waals surface area contributed by atoms with Gasteiger partial charge in [0, 0.05) is 23.6 Å². The van der Waals surface area contributed by atoms with Crippen LogP contribution in [0.25, 0.3) is 11.1 Å². The molecule has 0 bridgehead atoms. The molecule has 1 aliphatic carbocycles. The molecular formula is C30H33NO6. The summed E-state index contributed by atoms with van der Waals surface area (Å²) in [5, 5.41) is 20.1. The average molecular weight is 504 g/mol. The van der Waals surface area contributed by atoms with Crippen molar-refractivity contribution in [3.05, 3.63) is 83.9 Å². The summed E-state index contributed by atoms with van der Waals surface area (Å²) < 4.78 is 11.1. The molecule has 0 heterocycles. The fraction of sp³-hybridized carbons (Fsp3) is 0.333. The number of hydrogen-bond donors (Lipinski definition) is 2. The van der Waals surface area contributed by atoms with Crippen LogP contribution in [0.15, 0.2) is 72.8 Å². The fourth-order valence-corrected chi connectivity index (χ4v) is 4.28. The second-order valence-corrected chi connectivity index (χ2v) is 9.21. The minimum absolute atomic E-state index is 0.0205. The number of methoxy groups -OCH3 is 1. The number of nitrogens with zero attached hydrogens (tertiary/aromatic N) is 1. The first-order valence-electron chi connectivity index (χ1n) is 12.7. The highest BCUT2D eigenvalue weighted by atomic mass is 16.5. The van der Waals surface area contributed by atoms with E-state index in [1.54, 1.807) is 36.3 Å². The van der Waals surface area contributed by atoms with E-state index in [9.17, 15) is 14.7 Å². The Bertz CT molecular complexity index is 1190. The molecule has 1 amide bonds. The van der Waals surface area contributed by atoms with Crippen LogP contribution in [-0.2, 0) is 4.79 Å². The maximum atomic E-state index is 13.5. The summed E-state index contributed by atoms with van der Waals surface area (Å²) >= 11 is 0. The van der Waals surface area contributed by atoms with Gasteiger partial charge >= 0.3 is 5.97 Å². The van der Waals surface area contributed by atoms with Crippen molar-refractivity contribution >= 4 is 11.9 Å². The molecule has 0 aliphatic heterocycles. The third kappa shape index (κ3) is 6.89. The third-order valence-electron chi connectivity index (χ3n) is 6.48. The molecule has 3 aromatic carbocycles. The molecule has 1 unspecified atom stereocenters. The van der Waals surface area contributed by atoms with Crippen LogP contribution in [0.2, 0.25) is 0 Å². The van der Waals surface area contributed by atoms with Gasteiger partial charge in [-0.25, -0.2) is 0 Å². The molecule has 7 heteroatoms. The average Bonchev–Trinajstić information content (AvgIpc) is 3.76. The normalized spacial score (nSPS) is 13.6. The summed E-state index contributed by atoms with van der Waals surface area (Å²) in [5.41, 5.74) is 3.07.